The molecule has 4 rings (SSSR count). The van der Waals surface area contributed by atoms with Crippen molar-refractivity contribution in [3.63, 3.8) is 0 Å². The highest BCUT2D eigenvalue weighted by molar-refractivity contribution is 5.81. The van der Waals surface area contributed by atoms with E-state index in [0.717, 1.165) is 28.3 Å². The molecule has 4 aromatic rings. The number of ether oxygens (including phenoxy) is 4. The highest BCUT2D eigenvalue weighted by Gasteiger charge is 2.20. The van der Waals surface area contributed by atoms with Gasteiger partial charge in [-0.15, -0.1) is 0 Å². The molecule has 0 bridgehead atoms. The van der Waals surface area contributed by atoms with E-state index >= 15 is 0 Å². The third-order valence-corrected chi connectivity index (χ3v) is 5.34. The third kappa shape index (κ3) is 4.12. The second-order valence-corrected chi connectivity index (χ2v) is 7.20. The first-order valence-corrected chi connectivity index (χ1v) is 10.2. The standard InChI is InChI=1S/C26H26N2O4/c1-29-21-12-10-19(11-13-21)25-24(27-17-28(25)16-18-8-6-5-7-9-18)20-14-22(30-2)26(32-4)23(15-20)31-3/h5-15,17H,16H2,1-4H3. The second-order valence-electron chi connectivity index (χ2n) is 7.20. The highest BCUT2D eigenvalue weighted by Crippen LogP contribution is 2.43. The minimum absolute atomic E-state index is 0.550. The van der Waals surface area contributed by atoms with Gasteiger partial charge in [-0.3, -0.25) is 0 Å². The molecule has 3 aromatic carbocycles. The molecule has 0 saturated carbocycles. The molecule has 0 radical (unpaired) electrons. The van der Waals surface area contributed by atoms with Crippen LogP contribution in [-0.2, 0) is 6.54 Å². The Balaban J connectivity index is 1.89. The fourth-order valence-electron chi connectivity index (χ4n) is 3.76. The van der Waals surface area contributed by atoms with Crippen LogP contribution in [0, 0.1) is 0 Å². The smallest absolute Gasteiger partial charge is 0.203 e. The van der Waals surface area contributed by atoms with Gasteiger partial charge in [0.2, 0.25) is 5.75 Å². The van der Waals surface area contributed by atoms with Crippen molar-refractivity contribution in [1.29, 1.82) is 0 Å². The summed E-state index contributed by atoms with van der Waals surface area (Å²) >= 11 is 0. The van der Waals surface area contributed by atoms with Gasteiger partial charge in [0.25, 0.3) is 0 Å². The number of hydrogen-bond acceptors (Lipinski definition) is 5. The van der Waals surface area contributed by atoms with Gasteiger partial charge in [0.1, 0.15) is 5.75 Å². The summed E-state index contributed by atoms with van der Waals surface area (Å²) in [5.74, 6) is 2.52. The first-order valence-electron chi connectivity index (χ1n) is 10.2. The second kappa shape index (κ2) is 9.47. The van der Waals surface area contributed by atoms with Crippen molar-refractivity contribution in [1.82, 2.24) is 9.55 Å². The Morgan fingerprint density at radius 1 is 0.719 bits per heavy atom. The Hall–Kier alpha value is -3.93. The number of benzene rings is 3. The van der Waals surface area contributed by atoms with Gasteiger partial charge in [-0.05, 0) is 42.0 Å². The zero-order valence-corrected chi connectivity index (χ0v) is 18.7. The summed E-state index contributed by atoms with van der Waals surface area (Å²) in [6, 6.07) is 22.1. The lowest BCUT2D eigenvalue weighted by atomic mass is 10.0. The Morgan fingerprint density at radius 3 is 1.94 bits per heavy atom. The van der Waals surface area contributed by atoms with Crippen molar-refractivity contribution >= 4 is 0 Å². The number of aromatic nitrogens is 2. The van der Waals surface area contributed by atoms with E-state index in [-0.39, 0.29) is 0 Å². The minimum Gasteiger partial charge on any atom is -0.497 e. The fraction of sp³-hybridized carbons (Fsp3) is 0.192. The van der Waals surface area contributed by atoms with Crippen molar-refractivity contribution in [2.45, 2.75) is 6.54 Å². The zero-order chi connectivity index (χ0) is 22.5. The van der Waals surface area contributed by atoms with Crippen LogP contribution in [0.3, 0.4) is 0 Å². The first kappa shape index (κ1) is 21.3. The van der Waals surface area contributed by atoms with Crippen LogP contribution in [-0.4, -0.2) is 38.0 Å². The lowest BCUT2D eigenvalue weighted by Crippen LogP contribution is -2.01. The Kier molecular flexibility index (Phi) is 6.31. The summed E-state index contributed by atoms with van der Waals surface area (Å²) in [7, 11) is 6.48. The Bertz CT molecular complexity index is 1160. The molecule has 0 aliphatic heterocycles. The third-order valence-electron chi connectivity index (χ3n) is 5.34. The molecular formula is C26H26N2O4. The van der Waals surface area contributed by atoms with E-state index in [0.29, 0.717) is 23.8 Å². The molecule has 6 heteroatoms. The molecule has 0 amide bonds. The van der Waals surface area contributed by atoms with Crippen LogP contribution in [0.2, 0.25) is 0 Å². The Labute approximate surface area is 188 Å². The molecule has 0 spiro atoms. The predicted molar refractivity (Wildman–Crippen MR) is 125 cm³/mol. The molecule has 0 aliphatic rings. The van der Waals surface area contributed by atoms with Gasteiger partial charge in [0, 0.05) is 17.7 Å². The maximum atomic E-state index is 5.56. The number of methoxy groups -OCH3 is 4. The maximum Gasteiger partial charge on any atom is 0.203 e. The number of nitrogens with zero attached hydrogens (tertiary/aromatic N) is 2. The summed E-state index contributed by atoms with van der Waals surface area (Å²) in [5.41, 5.74) is 4.91. The van der Waals surface area contributed by atoms with E-state index in [1.54, 1.807) is 28.4 Å². The van der Waals surface area contributed by atoms with Crippen LogP contribution in [0.15, 0.2) is 73.1 Å². The molecule has 32 heavy (non-hydrogen) atoms. The maximum absolute atomic E-state index is 5.56. The largest absolute Gasteiger partial charge is 0.497 e. The first-order chi connectivity index (χ1) is 15.7. The summed E-state index contributed by atoms with van der Waals surface area (Å²) < 4.78 is 24.1. The van der Waals surface area contributed by atoms with E-state index in [2.05, 4.69) is 16.7 Å². The van der Waals surface area contributed by atoms with Gasteiger partial charge < -0.3 is 23.5 Å². The number of hydrogen-bond donors (Lipinski definition) is 0. The summed E-state index contributed by atoms with van der Waals surface area (Å²) in [4.78, 5) is 4.79. The minimum atomic E-state index is 0.550. The topological polar surface area (TPSA) is 54.7 Å². The molecule has 0 aliphatic carbocycles. The molecule has 0 N–H and O–H groups in total. The molecule has 0 atom stereocenters. The molecule has 0 unspecified atom stereocenters. The molecule has 164 valence electrons. The molecule has 6 nitrogen and oxygen atoms in total. The van der Waals surface area contributed by atoms with E-state index in [9.17, 15) is 0 Å². The Morgan fingerprint density at radius 2 is 1.38 bits per heavy atom. The van der Waals surface area contributed by atoms with E-state index < -0.39 is 0 Å². The molecular weight excluding hydrogens is 404 g/mol. The SMILES string of the molecule is COc1ccc(-c2c(-c3cc(OC)c(OC)c(OC)c3)ncn2Cc2ccccc2)cc1. The van der Waals surface area contributed by atoms with Crippen LogP contribution in [0.4, 0.5) is 0 Å². The van der Waals surface area contributed by atoms with Crippen LogP contribution >= 0.6 is 0 Å². The highest BCUT2D eigenvalue weighted by atomic mass is 16.5. The zero-order valence-electron chi connectivity index (χ0n) is 18.7. The molecule has 1 heterocycles. The van der Waals surface area contributed by atoms with Crippen molar-refractivity contribution in [3.05, 3.63) is 78.6 Å². The predicted octanol–water partition coefficient (Wildman–Crippen LogP) is 5.30. The summed E-state index contributed by atoms with van der Waals surface area (Å²) in [5, 5.41) is 0. The van der Waals surface area contributed by atoms with Crippen LogP contribution in [0.25, 0.3) is 22.5 Å². The van der Waals surface area contributed by atoms with E-state index in [1.807, 2.05) is 60.9 Å². The lowest BCUT2D eigenvalue weighted by Gasteiger charge is -2.15. The number of rotatable bonds is 8. The number of imidazole rings is 1. The summed E-state index contributed by atoms with van der Waals surface area (Å²) in [6.07, 6.45) is 1.87. The van der Waals surface area contributed by atoms with Crippen molar-refractivity contribution in [2.75, 3.05) is 28.4 Å². The van der Waals surface area contributed by atoms with Crippen LogP contribution in [0.1, 0.15) is 5.56 Å². The average molecular weight is 431 g/mol. The van der Waals surface area contributed by atoms with Gasteiger partial charge in [-0.25, -0.2) is 4.98 Å². The quantitative estimate of drug-likeness (QED) is 0.380. The molecule has 0 saturated heterocycles. The fourth-order valence-corrected chi connectivity index (χ4v) is 3.76. The normalized spacial score (nSPS) is 10.6. The van der Waals surface area contributed by atoms with E-state index in [4.69, 9.17) is 23.9 Å². The average Bonchev–Trinajstić information content (AvgIpc) is 3.27. The van der Waals surface area contributed by atoms with Gasteiger partial charge >= 0.3 is 0 Å². The van der Waals surface area contributed by atoms with Gasteiger partial charge in [0.15, 0.2) is 11.5 Å². The van der Waals surface area contributed by atoms with Crippen molar-refractivity contribution in [3.8, 4) is 45.5 Å². The van der Waals surface area contributed by atoms with Gasteiger partial charge in [-0.2, -0.15) is 0 Å². The van der Waals surface area contributed by atoms with Crippen molar-refractivity contribution < 1.29 is 18.9 Å². The molecule has 1 aromatic heterocycles. The van der Waals surface area contributed by atoms with Crippen molar-refractivity contribution in [2.24, 2.45) is 0 Å². The lowest BCUT2D eigenvalue weighted by molar-refractivity contribution is 0.324. The van der Waals surface area contributed by atoms with Crippen LogP contribution in [0.5, 0.6) is 23.0 Å². The monoisotopic (exact) mass is 430 g/mol. The van der Waals surface area contributed by atoms with E-state index in [1.165, 1.54) is 5.56 Å². The van der Waals surface area contributed by atoms with Crippen LogP contribution < -0.4 is 18.9 Å². The van der Waals surface area contributed by atoms with Gasteiger partial charge in [0.05, 0.1) is 46.2 Å². The summed E-state index contributed by atoms with van der Waals surface area (Å²) in [6.45, 7) is 0.694. The molecule has 0 fully saturated rings. The van der Waals surface area contributed by atoms with Gasteiger partial charge in [-0.1, -0.05) is 30.3 Å².